The van der Waals surface area contributed by atoms with Gasteiger partial charge in [0, 0.05) is 11.6 Å². The number of carbonyl (C=O) groups is 1. The summed E-state index contributed by atoms with van der Waals surface area (Å²) in [4.78, 5) is 11.6. The molecule has 0 unspecified atom stereocenters. The van der Waals surface area contributed by atoms with Gasteiger partial charge < -0.3 is 20.3 Å². The number of halogens is 2. The average Bonchev–Trinajstić information content (AvgIpc) is 2.49. The van der Waals surface area contributed by atoms with E-state index < -0.39 is 5.97 Å². The van der Waals surface area contributed by atoms with E-state index in [0.29, 0.717) is 22.8 Å². The van der Waals surface area contributed by atoms with Crippen molar-refractivity contribution in [3.63, 3.8) is 0 Å². The van der Waals surface area contributed by atoms with Gasteiger partial charge in [0.1, 0.15) is 11.3 Å². The van der Waals surface area contributed by atoms with Crippen LogP contribution in [0.25, 0.3) is 0 Å². The van der Waals surface area contributed by atoms with Gasteiger partial charge in [0.25, 0.3) is 0 Å². The van der Waals surface area contributed by atoms with Crippen molar-refractivity contribution in [3.05, 3.63) is 51.5 Å². The van der Waals surface area contributed by atoms with Crippen LogP contribution in [0, 0.1) is 0 Å². The first-order chi connectivity index (χ1) is 10.9. The van der Waals surface area contributed by atoms with Crippen molar-refractivity contribution < 1.29 is 19.7 Å². The number of esters is 1. The maximum atomic E-state index is 11.6. The first-order valence-electron chi connectivity index (χ1n) is 6.83. The van der Waals surface area contributed by atoms with Gasteiger partial charge in [-0.2, -0.15) is 0 Å². The van der Waals surface area contributed by atoms with Crippen LogP contribution >= 0.6 is 23.2 Å². The summed E-state index contributed by atoms with van der Waals surface area (Å²) < 4.78 is 4.84. The Bertz CT molecular complexity index is 734. The Morgan fingerprint density at radius 2 is 1.96 bits per heavy atom. The molecule has 0 atom stereocenters. The maximum absolute atomic E-state index is 11.6. The minimum absolute atomic E-state index is 0.101. The number of nitrogens with one attached hydrogen (secondary N) is 1. The fourth-order valence-corrected chi connectivity index (χ4v) is 2.46. The molecule has 0 heterocycles. The molecule has 0 bridgehead atoms. The zero-order valence-electron chi connectivity index (χ0n) is 12.3. The van der Waals surface area contributed by atoms with Crippen LogP contribution < -0.4 is 5.32 Å². The Labute approximate surface area is 143 Å². The predicted molar refractivity (Wildman–Crippen MR) is 89.5 cm³/mol. The third kappa shape index (κ3) is 4.21. The van der Waals surface area contributed by atoms with E-state index in [1.54, 1.807) is 13.0 Å². The van der Waals surface area contributed by atoms with Crippen LogP contribution in [0.4, 0.5) is 5.69 Å². The zero-order chi connectivity index (χ0) is 17.0. The van der Waals surface area contributed by atoms with E-state index in [2.05, 4.69) is 5.32 Å². The number of ether oxygens (including phenoxy) is 1. The van der Waals surface area contributed by atoms with Crippen molar-refractivity contribution in [1.82, 2.24) is 0 Å². The molecule has 122 valence electrons. The highest BCUT2D eigenvalue weighted by Gasteiger charge is 2.13. The molecule has 5 nitrogen and oxygen atoms in total. The van der Waals surface area contributed by atoms with Crippen molar-refractivity contribution in [3.8, 4) is 11.5 Å². The third-order valence-corrected chi connectivity index (χ3v) is 3.57. The molecule has 23 heavy (non-hydrogen) atoms. The van der Waals surface area contributed by atoms with Gasteiger partial charge in [-0.1, -0.05) is 29.3 Å². The van der Waals surface area contributed by atoms with Gasteiger partial charge in [0.2, 0.25) is 0 Å². The number of phenols is 2. The molecular formula is C16H15Cl2NO4. The van der Waals surface area contributed by atoms with E-state index in [1.807, 2.05) is 0 Å². The number of hydrogen-bond acceptors (Lipinski definition) is 5. The van der Waals surface area contributed by atoms with E-state index in [-0.39, 0.29) is 28.7 Å². The third-order valence-electron chi connectivity index (χ3n) is 3.07. The number of anilines is 1. The topological polar surface area (TPSA) is 78.8 Å². The summed E-state index contributed by atoms with van der Waals surface area (Å²) in [5.74, 6) is -0.858. The van der Waals surface area contributed by atoms with Crippen LogP contribution in [-0.2, 0) is 11.3 Å². The molecule has 0 aromatic heterocycles. The van der Waals surface area contributed by atoms with Gasteiger partial charge in [-0.25, -0.2) is 4.79 Å². The molecule has 0 aliphatic carbocycles. The Hall–Kier alpha value is -2.11. The van der Waals surface area contributed by atoms with Gasteiger partial charge >= 0.3 is 5.97 Å². The average molecular weight is 356 g/mol. The van der Waals surface area contributed by atoms with E-state index in [1.165, 1.54) is 24.3 Å². The number of phenolic OH excluding ortho intramolecular Hbond substituents is 2. The smallest absolute Gasteiger partial charge is 0.341 e. The molecule has 0 saturated carbocycles. The Kier molecular flexibility index (Phi) is 5.58. The summed E-state index contributed by atoms with van der Waals surface area (Å²) in [7, 11) is 0. The summed E-state index contributed by atoms with van der Waals surface area (Å²) in [6, 6.07) is 7.57. The highest BCUT2D eigenvalue weighted by atomic mass is 35.5. The van der Waals surface area contributed by atoms with E-state index >= 15 is 0 Å². The predicted octanol–water partition coefficient (Wildman–Crippen LogP) is 4.19. The lowest BCUT2D eigenvalue weighted by Crippen LogP contribution is -2.06. The summed E-state index contributed by atoms with van der Waals surface area (Å²) in [5, 5.41) is 23.3. The molecule has 0 amide bonds. The molecule has 2 rings (SSSR count). The number of aromatic hydroxyl groups is 2. The molecule has 0 spiro atoms. The SMILES string of the molecule is CCOC(=O)c1ccc(CNc2cc(Cl)cc(Cl)c2O)cc1O. The number of benzene rings is 2. The fourth-order valence-electron chi connectivity index (χ4n) is 1.97. The summed E-state index contributed by atoms with van der Waals surface area (Å²) in [6.45, 7) is 2.22. The van der Waals surface area contributed by atoms with Crippen molar-refractivity contribution in [2.75, 3.05) is 11.9 Å². The van der Waals surface area contributed by atoms with E-state index in [4.69, 9.17) is 27.9 Å². The van der Waals surface area contributed by atoms with E-state index in [9.17, 15) is 15.0 Å². The normalized spacial score (nSPS) is 10.4. The Morgan fingerprint density at radius 3 is 2.61 bits per heavy atom. The minimum Gasteiger partial charge on any atom is -0.507 e. The second-order valence-corrected chi connectivity index (χ2v) is 5.55. The van der Waals surface area contributed by atoms with Gasteiger partial charge in [-0.05, 0) is 36.8 Å². The summed E-state index contributed by atoms with van der Waals surface area (Å²) >= 11 is 11.7. The molecule has 0 aliphatic rings. The molecule has 2 aromatic carbocycles. The van der Waals surface area contributed by atoms with Gasteiger partial charge in [0.15, 0.2) is 5.75 Å². The summed E-state index contributed by atoms with van der Waals surface area (Å²) in [5.41, 5.74) is 1.17. The fraction of sp³-hybridized carbons (Fsp3) is 0.188. The standard InChI is InChI=1S/C16H15Cl2NO4/c1-2-23-16(22)11-4-3-9(5-14(11)20)8-19-13-7-10(17)6-12(18)15(13)21/h3-7,19-21H,2,8H2,1H3. The highest BCUT2D eigenvalue weighted by Crippen LogP contribution is 2.35. The van der Waals surface area contributed by atoms with Crippen LogP contribution in [-0.4, -0.2) is 22.8 Å². The molecule has 7 heteroatoms. The largest absolute Gasteiger partial charge is 0.507 e. The van der Waals surface area contributed by atoms with Gasteiger partial charge in [-0.3, -0.25) is 0 Å². The van der Waals surface area contributed by atoms with Crippen LogP contribution in [0.3, 0.4) is 0 Å². The second kappa shape index (κ2) is 7.44. The molecule has 0 radical (unpaired) electrons. The molecule has 2 aromatic rings. The van der Waals surface area contributed by atoms with Crippen LogP contribution in [0.15, 0.2) is 30.3 Å². The first kappa shape index (κ1) is 17.2. The molecule has 0 saturated heterocycles. The van der Waals surface area contributed by atoms with Crippen LogP contribution in [0.1, 0.15) is 22.8 Å². The number of hydrogen-bond donors (Lipinski definition) is 3. The maximum Gasteiger partial charge on any atom is 0.341 e. The minimum atomic E-state index is -0.580. The van der Waals surface area contributed by atoms with Gasteiger partial charge in [-0.15, -0.1) is 0 Å². The summed E-state index contributed by atoms with van der Waals surface area (Å²) in [6.07, 6.45) is 0. The molecule has 3 N–H and O–H groups in total. The zero-order valence-corrected chi connectivity index (χ0v) is 13.8. The highest BCUT2D eigenvalue weighted by molar-refractivity contribution is 6.36. The first-order valence-corrected chi connectivity index (χ1v) is 7.58. The lowest BCUT2D eigenvalue weighted by atomic mass is 10.1. The number of carbonyl (C=O) groups excluding carboxylic acids is 1. The van der Waals surface area contributed by atoms with Crippen LogP contribution in [0.2, 0.25) is 10.0 Å². The van der Waals surface area contributed by atoms with Crippen molar-refractivity contribution in [2.45, 2.75) is 13.5 Å². The van der Waals surface area contributed by atoms with Crippen molar-refractivity contribution in [2.24, 2.45) is 0 Å². The number of rotatable bonds is 5. The lowest BCUT2D eigenvalue weighted by molar-refractivity contribution is 0.0523. The lowest BCUT2D eigenvalue weighted by Gasteiger charge is -2.11. The Balaban J connectivity index is 2.13. The monoisotopic (exact) mass is 355 g/mol. The van der Waals surface area contributed by atoms with Crippen LogP contribution in [0.5, 0.6) is 11.5 Å². The van der Waals surface area contributed by atoms with E-state index in [0.717, 1.165) is 0 Å². The Morgan fingerprint density at radius 1 is 1.22 bits per heavy atom. The molecule has 0 aliphatic heterocycles. The molecule has 0 fully saturated rings. The quantitative estimate of drug-likeness (QED) is 0.553. The van der Waals surface area contributed by atoms with Gasteiger partial charge in [0.05, 0.1) is 17.3 Å². The second-order valence-electron chi connectivity index (χ2n) is 4.71. The molecular weight excluding hydrogens is 341 g/mol. The van der Waals surface area contributed by atoms with Crippen molar-refractivity contribution in [1.29, 1.82) is 0 Å². The van der Waals surface area contributed by atoms with Crippen molar-refractivity contribution >= 4 is 34.9 Å².